The standard InChI is InChI=1S/C8H9NO2/c1-2-4-7(5-3-1)6-10-8-9-11-8/h1-5,8-9H,6H2. The van der Waals surface area contributed by atoms with Gasteiger partial charge in [-0.3, -0.25) is 0 Å². The summed E-state index contributed by atoms with van der Waals surface area (Å²) in [6, 6.07) is 9.99. The minimum Gasteiger partial charge on any atom is -0.332 e. The maximum absolute atomic E-state index is 5.21. The first-order chi connectivity index (χ1) is 5.45. The highest BCUT2D eigenvalue weighted by Crippen LogP contribution is 2.07. The van der Waals surface area contributed by atoms with Gasteiger partial charge in [0.15, 0.2) is 0 Å². The molecule has 0 amide bonds. The van der Waals surface area contributed by atoms with Crippen LogP contribution in [0.4, 0.5) is 0 Å². The molecule has 1 heterocycles. The van der Waals surface area contributed by atoms with E-state index in [1.165, 1.54) is 0 Å². The fraction of sp³-hybridized carbons (Fsp3) is 0.250. The summed E-state index contributed by atoms with van der Waals surface area (Å²) >= 11 is 0. The number of hydrogen-bond donors (Lipinski definition) is 1. The van der Waals surface area contributed by atoms with Crippen molar-refractivity contribution < 1.29 is 9.57 Å². The Hall–Kier alpha value is -0.900. The first-order valence-electron chi connectivity index (χ1n) is 3.52. The summed E-state index contributed by atoms with van der Waals surface area (Å²) < 4.78 is 5.21. The summed E-state index contributed by atoms with van der Waals surface area (Å²) in [6.45, 7) is 0.596. The van der Waals surface area contributed by atoms with Crippen LogP contribution in [0.25, 0.3) is 0 Å². The van der Waals surface area contributed by atoms with Crippen molar-refractivity contribution in [1.29, 1.82) is 0 Å². The summed E-state index contributed by atoms with van der Waals surface area (Å²) in [7, 11) is 0. The molecule has 0 aromatic heterocycles. The second kappa shape index (κ2) is 3.00. The Morgan fingerprint density at radius 3 is 2.73 bits per heavy atom. The quantitative estimate of drug-likeness (QED) is 0.656. The van der Waals surface area contributed by atoms with Crippen molar-refractivity contribution in [3.05, 3.63) is 35.9 Å². The Bertz CT molecular complexity index is 221. The Labute approximate surface area is 64.9 Å². The van der Waals surface area contributed by atoms with E-state index >= 15 is 0 Å². The molecule has 1 aliphatic heterocycles. The summed E-state index contributed by atoms with van der Waals surface area (Å²) in [4.78, 5) is 4.66. The number of rotatable bonds is 3. The van der Waals surface area contributed by atoms with Crippen LogP contribution in [-0.2, 0) is 16.2 Å². The zero-order valence-corrected chi connectivity index (χ0v) is 5.99. The molecule has 1 aromatic carbocycles. The van der Waals surface area contributed by atoms with E-state index in [1.807, 2.05) is 30.3 Å². The largest absolute Gasteiger partial charge is 0.332 e. The minimum absolute atomic E-state index is 0.185. The molecule has 2 rings (SSSR count). The van der Waals surface area contributed by atoms with E-state index in [2.05, 4.69) is 10.3 Å². The highest BCUT2D eigenvalue weighted by molar-refractivity contribution is 5.13. The van der Waals surface area contributed by atoms with Crippen molar-refractivity contribution in [2.45, 2.75) is 13.0 Å². The van der Waals surface area contributed by atoms with E-state index in [1.54, 1.807) is 0 Å². The molecule has 1 fully saturated rings. The normalized spacial score (nSPS) is 21.6. The fourth-order valence-electron chi connectivity index (χ4n) is 0.842. The minimum atomic E-state index is -0.185. The third-order valence-electron chi connectivity index (χ3n) is 1.46. The predicted octanol–water partition coefficient (Wildman–Crippen LogP) is 1.02. The monoisotopic (exact) mass is 151 g/mol. The maximum atomic E-state index is 5.21. The van der Waals surface area contributed by atoms with Crippen molar-refractivity contribution in [3.8, 4) is 0 Å². The number of hydrogen-bond acceptors (Lipinski definition) is 3. The molecule has 0 bridgehead atoms. The van der Waals surface area contributed by atoms with Gasteiger partial charge in [-0.25, -0.2) is 4.84 Å². The van der Waals surface area contributed by atoms with Crippen LogP contribution in [0.3, 0.4) is 0 Å². The molecule has 0 spiro atoms. The lowest BCUT2D eigenvalue weighted by Gasteiger charge is -1.97. The Balaban J connectivity index is 1.85. The van der Waals surface area contributed by atoms with Gasteiger partial charge in [0, 0.05) is 0 Å². The van der Waals surface area contributed by atoms with Crippen molar-refractivity contribution in [2.75, 3.05) is 0 Å². The molecule has 1 saturated heterocycles. The van der Waals surface area contributed by atoms with Crippen LogP contribution in [0.2, 0.25) is 0 Å². The Kier molecular flexibility index (Phi) is 1.85. The van der Waals surface area contributed by atoms with E-state index in [-0.39, 0.29) is 6.41 Å². The molecule has 58 valence electrons. The van der Waals surface area contributed by atoms with Gasteiger partial charge >= 0.3 is 0 Å². The lowest BCUT2D eigenvalue weighted by Crippen LogP contribution is -1.98. The Morgan fingerprint density at radius 2 is 2.09 bits per heavy atom. The molecule has 1 N–H and O–H groups in total. The number of hydroxylamine groups is 1. The molecule has 0 radical (unpaired) electrons. The zero-order chi connectivity index (χ0) is 7.52. The summed E-state index contributed by atoms with van der Waals surface area (Å²) in [5.74, 6) is 0. The molecule has 3 heteroatoms. The van der Waals surface area contributed by atoms with Gasteiger partial charge in [0.25, 0.3) is 6.41 Å². The lowest BCUT2D eigenvalue weighted by molar-refractivity contribution is 0.0385. The summed E-state index contributed by atoms with van der Waals surface area (Å²) in [6.07, 6.45) is -0.185. The van der Waals surface area contributed by atoms with Gasteiger partial charge < -0.3 is 4.74 Å². The predicted molar refractivity (Wildman–Crippen MR) is 39.2 cm³/mol. The van der Waals surface area contributed by atoms with Crippen molar-refractivity contribution in [2.24, 2.45) is 0 Å². The zero-order valence-electron chi connectivity index (χ0n) is 5.99. The molecular weight excluding hydrogens is 142 g/mol. The van der Waals surface area contributed by atoms with E-state index in [4.69, 9.17) is 4.74 Å². The van der Waals surface area contributed by atoms with E-state index in [0.29, 0.717) is 6.61 Å². The molecule has 3 nitrogen and oxygen atoms in total. The molecule has 0 aliphatic carbocycles. The van der Waals surface area contributed by atoms with Gasteiger partial charge in [-0.1, -0.05) is 30.3 Å². The van der Waals surface area contributed by atoms with Crippen LogP contribution >= 0.6 is 0 Å². The molecule has 11 heavy (non-hydrogen) atoms. The van der Waals surface area contributed by atoms with Crippen molar-refractivity contribution >= 4 is 0 Å². The molecule has 1 atom stereocenters. The van der Waals surface area contributed by atoms with E-state index in [0.717, 1.165) is 5.56 Å². The number of benzene rings is 1. The average Bonchev–Trinajstić information content (AvgIpc) is 2.86. The first-order valence-corrected chi connectivity index (χ1v) is 3.52. The smallest absolute Gasteiger partial charge is 0.256 e. The van der Waals surface area contributed by atoms with Crippen LogP contribution < -0.4 is 5.48 Å². The molecule has 0 saturated carbocycles. The van der Waals surface area contributed by atoms with Gasteiger partial charge in [-0.15, -0.1) is 5.48 Å². The Morgan fingerprint density at radius 1 is 1.36 bits per heavy atom. The SMILES string of the molecule is c1ccc(COC2NO2)cc1. The summed E-state index contributed by atoms with van der Waals surface area (Å²) in [5.41, 5.74) is 3.74. The molecular formula is C8H9NO2. The molecule has 1 unspecified atom stereocenters. The van der Waals surface area contributed by atoms with Gasteiger partial charge in [-0.05, 0) is 5.56 Å². The first kappa shape index (κ1) is 6.79. The highest BCUT2D eigenvalue weighted by atomic mass is 16.9. The fourth-order valence-corrected chi connectivity index (χ4v) is 0.842. The van der Waals surface area contributed by atoms with Crippen molar-refractivity contribution in [1.82, 2.24) is 5.48 Å². The number of ether oxygens (including phenoxy) is 1. The third-order valence-corrected chi connectivity index (χ3v) is 1.46. The second-order valence-corrected chi connectivity index (χ2v) is 2.36. The molecule has 1 aromatic rings. The third kappa shape index (κ3) is 2.01. The van der Waals surface area contributed by atoms with Gasteiger partial charge in [-0.2, -0.15) is 0 Å². The van der Waals surface area contributed by atoms with Crippen LogP contribution in [0.1, 0.15) is 5.56 Å². The van der Waals surface area contributed by atoms with E-state index < -0.39 is 0 Å². The van der Waals surface area contributed by atoms with Crippen LogP contribution in [-0.4, -0.2) is 6.41 Å². The van der Waals surface area contributed by atoms with Crippen LogP contribution in [0.15, 0.2) is 30.3 Å². The van der Waals surface area contributed by atoms with E-state index in [9.17, 15) is 0 Å². The number of nitrogens with one attached hydrogen (secondary N) is 1. The molecule has 1 aliphatic rings. The van der Waals surface area contributed by atoms with Crippen molar-refractivity contribution in [3.63, 3.8) is 0 Å². The average molecular weight is 151 g/mol. The van der Waals surface area contributed by atoms with Gasteiger partial charge in [0.05, 0.1) is 6.61 Å². The summed E-state index contributed by atoms with van der Waals surface area (Å²) in [5, 5.41) is 0. The maximum Gasteiger partial charge on any atom is 0.256 e. The van der Waals surface area contributed by atoms with Crippen LogP contribution in [0.5, 0.6) is 0 Å². The topological polar surface area (TPSA) is 43.7 Å². The van der Waals surface area contributed by atoms with Gasteiger partial charge in [0.2, 0.25) is 0 Å². The second-order valence-electron chi connectivity index (χ2n) is 2.36. The highest BCUT2D eigenvalue weighted by Gasteiger charge is 2.22. The lowest BCUT2D eigenvalue weighted by atomic mass is 10.2. The van der Waals surface area contributed by atoms with Crippen LogP contribution in [0, 0.1) is 0 Å². The van der Waals surface area contributed by atoms with Gasteiger partial charge in [0.1, 0.15) is 0 Å².